The number of imide groups is 1. The van der Waals surface area contributed by atoms with Crippen LogP contribution in [0.2, 0.25) is 0 Å². The first-order valence-electron chi connectivity index (χ1n) is 9.46. The van der Waals surface area contributed by atoms with E-state index in [-0.39, 0.29) is 47.8 Å². The van der Waals surface area contributed by atoms with Gasteiger partial charge in [-0.1, -0.05) is 24.3 Å². The van der Waals surface area contributed by atoms with Gasteiger partial charge in [0.25, 0.3) is 0 Å². The predicted octanol–water partition coefficient (Wildman–Crippen LogP) is 3.03. The maximum atomic E-state index is 13.0. The van der Waals surface area contributed by atoms with Gasteiger partial charge in [0.2, 0.25) is 17.7 Å². The monoisotopic (exact) mass is 393 g/mol. The third-order valence-electron chi connectivity index (χ3n) is 6.00. The Kier molecular flexibility index (Phi) is 4.12. The number of anilines is 2. The molecule has 142 valence electrons. The number of thiazole rings is 1. The number of nitrogens with zero attached hydrogens (tertiary/aromatic N) is 2. The zero-order valence-corrected chi connectivity index (χ0v) is 15.9. The fourth-order valence-corrected chi connectivity index (χ4v) is 5.27. The van der Waals surface area contributed by atoms with Crippen molar-refractivity contribution >= 4 is 39.9 Å². The number of aromatic nitrogens is 1. The molecule has 1 saturated carbocycles. The molecule has 1 aromatic carbocycles. The minimum atomic E-state index is -0.208. The van der Waals surface area contributed by atoms with Crippen LogP contribution >= 0.6 is 11.3 Å². The lowest BCUT2D eigenvalue weighted by atomic mass is 9.63. The highest BCUT2D eigenvalue weighted by Crippen LogP contribution is 2.50. The van der Waals surface area contributed by atoms with Crippen LogP contribution in [0.15, 0.2) is 48.0 Å². The number of rotatable bonds is 4. The van der Waals surface area contributed by atoms with Crippen LogP contribution in [0.1, 0.15) is 18.4 Å². The summed E-state index contributed by atoms with van der Waals surface area (Å²) in [5.74, 6) is -0.355. The lowest BCUT2D eigenvalue weighted by Gasteiger charge is -2.38. The van der Waals surface area contributed by atoms with Gasteiger partial charge < -0.3 is 5.32 Å². The Balaban J connectivity index is 1.31. The average Bonchev–Trinajstić information content (AvgIpc) is 3.31. The Morgan fingerprint density at radius 3 is 2.25 bits per heavy atom. The fraction of sp³-hybridized carbons (Fsp3) is 0.333. The minimum Gasteiger partial charge on any atom is -0.302 e. The van der Waals surface area contributed by atoms with Crippen molar-refractivity contribution in [2.24, 2.45) is 23.7 Å². The highest BCUT2D eigenvalue weighted by atomic mass is 32.1. The van der Waals surface area contributed by atoms with Gasteiger partial charge in [0, 0.05) is 11.6 Å². The van der Waals surface area contributed by atoms with E-state index < -0.39 is 0 Å². The van der Waals surface area contributed by atoms with Gasteiger partial charge in [-0.3, -0.25) is 19.3 Å². The van der Waals surface area contributed by atoms with E-state index in [0.29, 0.717) is 10.8 Å². The standard InChI is InChI=1S/C21H19N3O3S/c25-16(23-21-22-9-10-28-21)11-12-1-7-15(8-2-12)24-19(26)17-13-3-4-14(6-5-13)18(17)20(24)27/h1-4,7-10,13-14,17-18H,5-6,11H2,(H,22,23,25). The summed E-state index contributed by atoms with van der Waals surface area (Å²) in [6.45, 7) is 0. The van der Waals surface area contributed by atoms with Crippen molar-refractivity contribution in [3.8, 4) is 0 Å². The number of carbonyl (C=O) groups is 3. The van der Waals surface area contributed by atoms with Crippen LogP contribution in [-0.2, 0) is 20.8 Å². The van der Waals surface area contributed by atoms with Gasteiger partial charge in [0.1, 0.15) is 0 Å². The van der Waals surface area contributed by atoms with E-state index in [4.69, 9.17) is 0 Å². The summed E-state index contributed by atoms with van der Waals surface area (Å²) in [7, 11) is 0. The molecule has 1 N–H and O–H groups in total. The molecule has 1 saturated heterocycles. The average molecular weight is 393 g/mol. The molecule has 0 spiro atoms. The second-order valence-electron chi connectivity index (χ2n) is 7.58. The number of allylic oxidation sites excluding steroid dienone is 2. The quantitative estimate of drug-likeness (QED) is 0.640. The Morgan fingerprint density at radius 1 is 1.07 bits per heavy atom. The normalized spacial score (nSPS) is 27.9. The molecule has 2 heterocycles. The number of benzene rings is 1. The lowest BCUT2D eigenvalue weighted by molar-refractivity contribution is -0.124. The summed E-state index contributed by atoms with van der Waals surface area (Å²) in [4.78, 5) is 43.5. The van der Waals surface area contributed by atoms with E-state index in [0.717, 1.165) is 18.4 Å². The molecule has 6 nitrogen and oxygen atoms in total. The van der Waals surface area contributed by atoms with E-state index >= 15 is 0 Å². The zero-order valence-electron chi connectivity index (χ0n) is 15.1. The van der Waals surface area contributed by atoms with Crippen LogP contribution in [0.3, 0.4) is 0 Å². The minimum absolute atomic E-state index is 0.0803. The molecule has 7 heteroatoms. The number of fused-ring (bicyclic) bond motifs is 1. The van der Waals surface area contributed by atoms with Crippen LogP contribution in [0.5, 0.6) is 0 Å². The lowest BCUT2D eigenvalue weighted by Crippen LogP contribution is -2.38. The van der Waals surface area contributed by atoms with Gasteiger partial charge in [0.05, 0.1) is 23.9 Å². The molecule has 3 amide bonds. The molecule has 1 aliphatic heterocycles. The second kappa shape index (κ2) is 6.67. The first-order valence-corrected chi connectivity index (χ1v) is 10.3. The smallest absolute Gasteiger partial charge is 0.238 e. The fourth-order valence-electron chi connectivity index (χ4n) is 4.73. The summed E-state index contributed by atoms with van der Waals surface area (Å²) in [5, 5.41) is 5.12. The number of hydrogen-bond acceptors (Lipinski definition) is 5. The zero-order chi connectivity index (χ0) is 19.3. The Morgan fingerprint density at radius 2 is 1.71 bits per heavy atom. The molecule has 28 heavy (non-hydrogen) atoms. The second-order valence-corrected chi connectivity index (χ2v) is 8.48. The van der Waals surface area contributed by atoms with Crippen molar-refractivity contribution in [1.29, 1.82) is 0 Å². The Hall–Kier alpha value is -2.80. The van der Waals surface area contributed by atoms with Crippen LogP contribution in [-0.4, -0.2) is 22.7 Å². The summed E-state index contributed by atoms with van der Waals surface area (Å²) < 4.78 is 0. The molecular weight excluding hydrogens is 374 g/mol. The SMILES string of the molecule is O=C(Cc1ccc(N2C(=O)C3C4C=CC(CC4)C3C2=O)cc1)Nc1nccs1. The van der Waals surface area contributed by atoms with E-state index in [1.54, 1.807) is 35.8 Å². The van der Waals surface area contributed by atoms with Crippen molar-refractivity contribution in [3.05, 3.63) is 53.6 Å². The molecule has 4 atom stereocenters. The molecule has 2 fully saturated rings. The first kappa shape index (κ1) is 17.3. The van der Waals surface area contributed by atoms with E-state index in [9.17, 15) is 14.4 Å². The molecule has 6 rings (SSSR count). The van der Waals surface area contributed by atoms with Crippen molar-refractivity contribution in [1.82, 2.24) is 4.98 Å². The third kappa shape index (κ3) is 2.77. The Bertz CT molecular complexity index is 935. The first-order chi connectivity index (χ1) is 13.6. The summed E-state index contributed by atoms with van der Waals surface area (Å²) in [6.07, 6.45) is 8.06. The molecule has 0 radical (unpaired) electrons. The number of nitrogens with one attached hydrogen (secondary N) is 1. The van der Waals surface area contributed by atoms with Crippen molar-refractivity contribution in [2.75, 3.05) is 10.2 Å². The topological polar surface area (TPSA) is 79.4 Å². The van der Waals surface area contributed by atoms with Gasteiger partial charge in [-0.2, -0.15) is 0 Å². The number of amides is 3. The van der Waals surface area contributed by atoms with Crippen molar-refractivity contribution in [3.63, 3.8) is 0 Å². The highest BCUT2D eigenvalue weighted by Gasteiger charge is 2.56. The largest absolute Gasteiger partial charge is 0.302 e. The predicted molar refractivity (Wildman–Crippen MR) is 106 cm³/mol. The molecule has 4 unspecified atom stereocenters. The molecule has 1 aromatic heterocycles. The third-order valence-corrected chi connectivity index (χ3v) is 6.69. The maximum Gasteiger partial charge on any atom is 0.238 e. The number of hydrogen-bond donors (Lipinski definition) is 1. The maximum absolute atomic E-state index is 13.0. The van der Waals surface area contributed by atoms with Gasteiger partial charge in [-0.05, 0) is 42.4 Å². The van der Waals surface area contributed by atoms with Crippen molar-refractivity contribution in [2.45, 2.75) is 19.3 Å². The van der Waals surface area contributed by atoms with Crippen LogP contribution in [0, 0.1) is 23.7 Å². The number of carbonyl (C=O) groups excluding carboxylic acids is 3. The highest BCUT2D eigenvalue weighted by molar-refractivity contribution is 7.13. The van der Waals surface area contributed by atoms with E-state index in [1.807, 2.05) is 0 Å². The van der Waals surface area contributed by atoms with Gasteiger partial charge in [-0.25, -0.2) is 4.98 Å². The van der Waals surface area contributed by atoms with Crippen molar-refractivity contribution < 1.29 is 14.4 Å². The molecule has 2 bridgehead atoms. The van der Waals surface area contributed by atoms with Gasteiger partial charge in [-0.15, -0.1) is 11.3 Å². The van der Waals surface area contributed by atoms with Crippen LogP contribution < -0.4 is 10.2 Å². The summed E-state index contributed by atoms with van der Waals surface area (Å²) in [5.41, 5.74) is 1.41. The molecule has 4 aliphatic rings. The van der Waals surface area contributed by atoms with Crippen LogP contribution in [0.4, 0.5) is 10.8 Å². The van der Waals surface area contributed by atoms with E-state index in [2.05, 4.69) is 22.5 Å². The summed E-state index contributed by atoms with van der Waals surface area (Å²) in [6, 6.07) is 7.11. The Labute approximate surface area is 166 Å². The molecule has 3 aliphatic carbocycles. The van der Waals surface area contributed by atoms with Gasteiger partial charge in [0.15, 0.2) is 5.13 Å². The molecular formula is C21H19N3O3S. The summed E-state index contributed by atoms with van der Waals surface area (Å²) >= 11 is 1.37. The van der Waals surface area contributed by atoms with Crippen LogP contribution in [0.25, 0.3) is 0 Å². The van der Waals surface area contributed by atoms with Gasteiger partial charge >= 0.3 is 0 Å². The van der Waals surface area contributed by atoms with E-state index in [1.165, 1.54) is 16.2 Å². The molecule has 2 aromatic rings.